The molecular formula is C14H31NO. The molecule has 0 rings (SSSR count). The summed E-state index contributed by atoms with van der Waals surface area (Å²) < 4.78 is 5.44. The maximum atomic E-state index is 5.44. The van der Waals surface area contributed by atoms with Crippen molar-refractivity contribution in [2.45, 2.75) is 71.9 Å². The van der Waals surface area contributed by atoms with Gasteiger partial charge in [-0.1, -0.05) is 13.8 Å². The number of hydrogen-bond acceptors (Lipinski definition) is 2. The second-order valence-corrected chi connectivity index (χ2v) is 5.70. The Bertz CT molecular complexity index is 168. The molecule has 0 amide bonds. The van der Waals surface area contributed by atoms with Gasteiger partial charge in [-0.3, -0.25) is 0 Å². The Balaban J connectivity index is 3.69. The first-order valence-electron chi connectivity index (χ1n) is 6.69. The zero-order chi connectivity index (χ0) is 12.6. The van der Waals surface area contributed by atoms with Crippen LogP contribution in [0.25, 0.3) is 0 Å². The Morgan fingerprint density at radius 3 is 2.38 bits per heavy atom. The van der Waals surface area contributed by atoms with Crippen molar-refractivity contribution in [1.82, 2.24) is 5.32 Å². The largest absolute Gasteiger partial charge is 0.379 e. The summed E-state index contributed by atoms with van der Waals surface area (Å²) in [7, 11) is 1.80. The Labute approximate surface area is 102 Å². The van der Waals surface area contributed by atoms with E-state index in [1.807, 2.05) is 0 Å². The Morgan fingerprint density at radius 2 is 1.88 bits per heavy atom. The lowest BCUT2D eigenvalue weighted by Gasteiger charge is -2.25. The highest BCUT2D eigenvalue weighted by molar-refractivity contribution is 4.71. The number of rotatable bonds is 9. The van der Waals surface area contributed by atoms with Crippen molar-refractivity contribution in [3.05, 3.63) is 0 Å². The molecule has 0 bridgehead atoms. The number of nitrogens with one attached hydrogen (secondary N) is 1. The lowest BCUT2D eigenvalue weighted by Crippen LogP contribution is -2.29. The molecule has 0 radical (unpaired) electrons. The normalized spacial score (nSPS) is 16.1. The third-order valence-corrected chi connectivity index (χ3v) is 3.29. The van der Waals surface area contributed by atoms with Gasteiger partial charge in [0.05, 0.1) is 5.60 Å². The zero-order valence-corrected chi connectivity index (χ0v) is 12.1. The van der Waals surface area contributed by atoms with E-state index in [9.17, 15) is 0 Å². The second-order valence-electron chi connectivity index (χ2n) is 5.70. The minimum atomic E-state index is 0.0361. The van der Waals surface area contributed by atoms with E-state index in [1.165, 1.54) is 19.3 Å². The maximum Gasteiger partial charge on any atom is 0.0622 e. The quantitative estimate of drug-likeness (QED) is 0.652. The molecule has 0 aromatic rings. The molecule has 98 valence electrons. The summed E-state index contributed by atoms with van der Waals surface area (Å²) in [6.07, 6.45) is 4.87. The van der Waals surface area contributed by atoms with Crippen molar-refractivity contribution >= 4 is 0 Å². The van der Waals surface area contributed by atoms with Gasteiger partial charge in [-0.15, -0.1) is 0 Å². The highest BCUT2D eigenvalue weighted by Crippen LogP contribution is 2.21. The van der Waals surface area contributed by atoms with Crippen LogP contribution in [-0.4, -0.2) is 25.3 Å². The van der Waals surface area contributed by atoms with E-state index in [2.05, 4.69) is 39.9 Å². The third-order valence-electron chi connectivity index (χ3n) is 3.29. The molecule has 16 heavy (non-hydrogen) atoms. The predicted octanol–water partition coefficient (Wildman–Crippen LogP) is 3.61. The smallest absolute Gasteiger partial charge is 0.0622 e. The molecule has 2 heteroatoms. The van der Waals surface area contributed by atoms with Gasteiger partial charge in [-0.05, 0) is 58.9 Å². The third kappa shape index (κ3) is 8.12. The fourth-order valence-electron chi connectivity index (χ4n) is 1.89. The fourth-order valence-corrected chi connectivity index (χ4v) is 1.89. The van der Waals surface area contributed by atoms with Crippen molar-refractivity contribution in [2.75, 3.05) is 13.7 Å². The first-order valence-corrected chi connectivity index (χ1v) is 6.69. The van der Waals surface area contributed by atoms with Gasteiger partial charge in [0.1, 0.15) is 0 Å². The van der Waals surface area contributed by atoms with Crippen LogP contribution in [0.2, 0.25) is 0 Å². The monoisotopic (exact) mass is 229 g/mol. The lowest BCUT2D eigenvalue weighted by atomic mass is 9.92. The van der Waals surface area contributed by atoms with Crippen LogP contribution in [0.5, 0.6) is 0 Å². The van der Waals surface area contributed by atoms with E-state index < -0.39 is 0 Å². The molecule has 0 aromatic heterocycles. The van der Waals surface area contributed by atoms with E-state index in [4.69, 9.17) is 4.74 Å². The highest BCUT2D eigenvalue weighted by atomic mass is 16.5. The average molecular weight is 229 g/mol. The van der Waals surface area contributed by atoms with Crippen molar-refractivity contribution < 1.29 is 4.74 Å². The van der Waals surface area contributed by atoms with Gasteiger partial charge < -0.3 is 10.1 Å². The molecule has 0 heterocycles. The fraction of sp³-hybridized carbons (Fsp3) is 1.00. The van der Waals surface area contributed by atoms with E-state index >= 15 is 0 Å². The molecule has 0 saturated heterocycles. The minimum Gasteiger partial charge on any atom is -0.379 e. The van der Waals surface area contributed by atoms with Crippen LogP contribution < -0.4 is 5.32 Å². The van der Waals surface area contributed by atoms with Gasteiger partial charge >= 0.3 is 0 Å². The van der Waals surface area contributed by atoms with E-state index in [1.54, 1.807) is 7.11 Å². The molecule has 2 nitrogen and oxygen atoms in total. The number of ether oxygens (including phenoxy) is 1. The molecule has 2 atom stereocenters. The van der Waals surface area contributed by atoms with Gasteiger partial charge in [-0.25, -0.2) is 0 Å². The molecule has 0 aromatic carbocycles. The summed E-state index contributed by atoms with van der Waals surface area (Å²) >= 11 is 0. The summed E-state index contributed by atoms with van der Waals surface area (Å²) in [5.41, 5.74) is 0.0361. The zero-order valence-electron chi connectivity index (χ0n) is 12.1. The van der Waals surface area contributed by atoms with Crippen molar-refractivity contribution in [2.24, 2.45) is 5.92 Å². The summed E-state index contributed by atoms with van der Waals surface area (Å²) in [4.78, 5) is 0. The van der Waals surface area contributed by atoms with Crippen molar-refractivity contribution in [3.8, 4) is 0 Å². The Kier molecular flexibility index (Phi) is 8.04. The van der Waals surface area contributed by atoms with Gasteiger partial charge in [0.25, 0.3) is 0 Å². The summed E-state index contributed by atoms with van der Waals surface area (Å²) in [5, 5.41) is 3.54. The van der Waals surface area contributed by atoms with Gasteiger partial charge in [0.15, 0.2) is 0 Å². The summed E-state index contributed by atoms with van der Waals surface area (Å²) in [6.45, 7) is 12.3. The number of hydrogen-bond donors (Lipinski definition) is 1. The van der Waals surface area contributed by atoms with Crippen LogP contribution >= 0.6 is 0 Å². The van der Waals surface area contributed by atoms with Crippen LogP contribution in [0.3, 0.4) is 0 Å². The van der Waals surface area contributed by atoms with E-state index in [-0.39, 0.29) is 5.60 Å². The van der Waals surface area contributed by atoms with Crippen molar-refractivity contribution in [1.29, 1.82) is 0 Å². The summed E-state index contributed by atoms with van der Waals surface area (Å²) in [5.74, 6) is 0.772. The molecule has 1 N–H and O–H groups in total. The second kappa shape index (κ2) is 8.08. The molecule has 0 fully saturated rings. The first-order chi connectivity index (χ1) is 7.41. The Morgan fingerprint density at radius 1 is 1.25 bits per heavy atom. The first kappa shape index (κ1) is 15.9. The van der Waals surface area contributed by atoms with Gasteiger partial charge in [-0.2, -0.15) is 0 Å². The predicted molar refractivity (Wildman–Crippen MR) is 71.9 cm³/mol. The summed E-state index contributed by atoms with van der Waals surface area (Å²) in [6, 6.07) is 0.639. The average Bonchev–Trinajstić information content (AvgIpc) is 2.24. The molecule has 2 unspecified atom stereocenters. The molecular weight excluding hydrogens is 198 g/mol. The van der Waals surface area contributed by atoms with Crippen LogP contribution in [0.4, 0.5) is 0 Å². The van der Waals surface area contributed by atoms with Crippen LogP contribution in [0.1, 0.15) is 60.3 Å². The lowest BCUT2D eigenvalue weighted by molar-refractivity contribution is 0.0104. The molecule has 0 spiro atoms. The molecule has 0 saturated carbocycles. The SMILES string of the molecule is CCCNC(C)CC(C)CCC(C)(C)OC. The number of methoxy groups -OCH3 is 1. The topological polar surface area (TPSA) is 21.3 Å². The maximum absolute atomic E-state index is 5.44. The Hall–Kier alpha value is -0.0800. The van der Waals surface area contributed by atoms with Crippen LogP contribution in [0, 0.1) is 5.92 Å². The minimum absolute atomic E-state index is 0.0361. The molecule has 0 aliphatic heterocycles. The van der Waals surface area contributed by atoms with E-state index in [0.717, 1.165) is 18.9 Å². The van der Waals surface area contributed by atoms with Gasteiger partial charge in [0.2, 0.25) is 0 Å². The standard InChI is InChI=1S/C14H31NO/c1-7-10-15-13(3)11-12(2)8-9-14(4,5)16-6/h12-13,15H,7-11H2,1-6H3. The molecule has 0 aliphatic carbocycles. The van der Waals surface area contributed by atoms with Crippen LogP contribution in [-0.2, 0) is 4.74 Å². The van der Waals surface area contributed by atoms with Crippen molar-refractivity contribution in [3.63, 3.8) is 0 Å². The molecule has 0 aliphatic rings. The van der Waals surface area contributed by atoms with E-state index in [0.29, 0.717) is 6.04 Å². The van der Waals surface area contributed by atoms with Gasteiger partial charge in [0, 0.05) is 13.2 Å². The highest BCUT2D eigenvalue weighted by Gasteiger charge is 2.18. The van der Waals surface area contributed by atoms with Crippen LogP contribution in [0.15, 0.2) is 0 Å².